The first kappa shape index (κ1) is 11.6. The zero-order valence-electron chi connectivity index (χ0n) is 9.64. The van der Waals surface area contributed by atoms with E-state index >= 15 is 0 Å². The number of hydrogen-bond donors (Lipinski definition) is 0. The van der Waals surface area contributed by atoms with Crippen LogP contribution in [0, 0.1) is 5.88 Å². The maximum Gasteiger partial charge on any atom is 0.110 e. The molecule has 2 rings (SSSR count). The highest BCUT2D eigenvalue weighted by Crippen LogP contribution is 2.39. The van der Waals surface area contributed by atoms with Crippen molar-refractivity contribution in [1.29, 1.82) is 0 Å². The van der Waals surface area contributed by atoms with Crippen LogP contribution in [0.25, 0.3) is 5.70 Å². The Morgan fingerprint density at radius 2 is 2.00 bits per heavy atom. The van der Waals surface area contributed by atoms with Crippen LogP contribution in [-0.2, 0) is 4.74 Å². The SMILES string of the molecule is COCCN1[CH]SC(C)=C1c1ccccc1. The molecular formula is C13H16NOS. The zero-order valence-corrected chi connectivity index (χ0v) is 10.5. The third-order valence-corrected chi connectivity index (χ3v) is 3.47. The van der Waals surface area contributed by atoms with Gasteiger partial charge in [0.2, 0.25) is 0 Å². The molecular weight excluding hydrogens is 218 g/mol. The second kappa shape index (κ2) is 5.41. The summed E-state index contributed by atoms with van der Waals surface area (Å²) < 4.78 is 5.13. The van der Waals surface area contributed by atoms with Crippen molar-refractivity contribution in [3.05, 3.63) is 46.7 Å². The van der Waals surface area contributed by atoms with Gasteiger partial charge in [0.15, 0.2) is 0 Å². The van der Waals surface area contributed by atoms with Gasteiger partial charge in [0.25, 0.3) is 0 Å². The number of nitrogens with zero attached hydrogens (tertiary/aromatic N) is 1. The topological polar surface area (TPSA) is 12.5 Å². The molecule has 0 saturated carbocycles. The number of rotatable bonds is 4. The van der Waals surface area contributed by atoms with Crippen LogP contribution in [0.3, 0.4) is 0 Å². The van der Waals surface area contributed by atoms with Gasteiger partial charge in [0.1, 0.15) is 5.88 Å². The van der Waals surface area contributed by atoms with Crippen LogP contribution in [0.1, 0.15) is 12.5 Å². The highest BCUT2D eigenvalue weighted by atomic mass is 32.2. The van der Waals surface area contributed by atoms with E-state index in [9.17, 15) is 0 Å². The minimum atomic E-state index is 0.751. The Bertz CT molecular complexity index is 375. The second-order valence-electron chi connectivity index (χ2n) is 3.68. The van der Waals surface area contributed by atoms with E-state index in [4.69, 9.17) is 4.74 Å². The van der Waals surface area contributed by atoms with E-state index in [0.29, 0.717) is 0 Å². The lowest BCUT2D eigenvalue weighted by molar-refractivity contribution is 0.183. The standard InChI is InChI=1S/C13H16NOS/c1-11-13(12-6-4-3-5-7-12)14(10-16-11)8-9-15-2/h3-7,10H,8-9H2,1-2H3. The number of allylic oxidation sites excluding steroid dienone is 1. The maximum atomic E-state index is 5.13. The fourth-order valence-corrected chi connectivity index (χ4v) is 2.62. The van der Waals surface area contributed by atoms with Gasteiger partial charge in [-0.3, -0.25) is 0 Å². The molecule has 0 fully saturated rings. The van der Waals surface area contributed by atoms with E-state index in [1.165, 1.54) is 16.2 Å². The third-order valence-electron chi connectivity index (χ3n) is 2.56. The Labute approximate surface area is 101 Å². The van der Waals surface area contributed by atoms with E-state index in [-0.39, 0.29) is 0 Å². The van der Waals surface area contributed by atoms with Crippen LogP contribution in [0.2, 0.25) is 0 Å². The number of benzene rings is 1. The summed E-state index contributed by atoms with van der Waals surface area (Å²) in [6.07, 6.45) is 0. The molecule has 0 atom stereocenters. The molecule has 1 radical (unpaired) electrons. The van der Waals surface area contributed by atoms with Crippen LogP contribution in [-0.4, -0.2) is 25.2 Å². The molecule has 1 aliphatic heterocycles. The first-order chi connectivity index (χ1) is 7.83. The van der Waals surface area contributed by atoms with Crippen molar-refractivity contribution in [2.45, 2.75) is 6.92 Å². The summed E-state index contributed by atoms with van der Waals surface area (Å²) in [7, 11) is 1.74. The number of hydrogen-bond acceptors (Lipinski definition) is 3. The molecule has 0 unspecified atom stereocenters. The van der Waals surface area contributed by atoms with Crippen LogP contribution in [0.5, 0.6) is 0 Å². The van der Waals surface area contributed by atoms with E-state index < -0.39 is 0 Å². The molecule has 1 aromatic carbocycles. The summed E-state index contributed by atoms with van der Waals surface area (Å²) in [5.74, 6) is 2.16. The van der Waals surface area contributed by atoms with E-state index in [0.717, 1.165) is 13.2 Å². The van der Waals surface area contributed by atoms with Gasteiger partial charge in [-0.25, -0.2) is 0 Å². The van der Waals surface area contributed by atoms with Gasteiger partial charge in [0.05, 0.1) is 12.3 Å². The molecule has 0 N–H and O–H groups in total. The van der Waals surface area contributed by atoms with Crippen molar-refractivity contribution in [3.8, 4) is 0 Å². The number of methoxy groups -OCH3 is 1. The van der Waals surface area contributed by atoms with Crippen LogP contribution < -0.4 is 0 Å². The summed E-state index contributed by atoms with van der Waals surface area (Å²) >= 11 is 1.78. The van der Waals surface area contributed by atoms with E-state index in [2.05, 4.69) is 42.0 Å². The summed E-state index contributed by atoms with van der Waals surface area (Å²) in [6.45, 7) is 3.82. The molecule has 1 heterocycles. The average Bonchev–Trinajstić information content (AvgIpc) is 2.69. The molecule has 0 spiro atoms. The van der Waals surface area contributed by atoms with Crippen LogP contribution in [0.4, 0.5) is 0 Å². The van der Waals surface area contributed by atoms with Gasteiger partial charge >= 0.3 is 0 Å². The van der Waals surface area contributed by atoms with E-state index in [1.807, 2.05) is 6.07 Å². The smallest absolute Gasteiger partial charge is 0.110 e. The predicted molar refractivity (Wildman–Crippen MR) is 69.5 cm³/mol. The summed E-state index contributed by atoms with van der Waals surface area (Å²) in [5.41, 5.74) is 2.58. The van der Waals surface area contributed by atoms with Crippen LogP contribution >= 0.6 is 11.8 Å². The molecule has 1 aromatic rings. The first-order valence-electron chi connectivity index (χ1n) is 5.35. The lowest BCUT2D eigenvalue weighted by Crippen LogP contribution is -2.20. The monoisotopic (exact) mass is 234 g/mol. The van der Waals surface area contributed by atoms with Gasteiger partial charge in [-0.1, -0.05) is 30.3 Å². The Morgan fingerprint density at radius 3 is 2.69 bits per heavy atom. The highest BCUT2D eigenvalue weighted by molar-refractivity contribution is 8.05. The van der Waals surface area contributed by atoms with Crippen LogP contribution in [0.15, 0.2) is 35.2 Å². The quantitative estimate of drug-likeness (QED) is 0.794. The van der Waals surface area contributed by atoms with Crippen molar-refractivity contribution >= 4 is 17.5 Å². The van der Waals surface area contributed by atoms with Crippen molar-refractivity contribution < 1.29 is 4.74 Å². The molecule has 0 saturated heterocycles. The summed E-state index contributed by atoms with van der Waals surface area (Å²) in [6, 6.07) is 10.5. The van der Waals surface area contributed by atoms with Crippen molar-refractivity contribution in [3.63, 3.8) is 0 Å². The number of ether oxygens (including phenoxy) is 1. The lowest BCUT2D eigenvalue weighted by atomic mass is 10.1. The molecule has 0 bridgehead atoms. The predicted octanol–water partition coefficient (Wildman–Crippen LogP) is 3.19. The normalized spacial score (nSPS) is 16.0. The highest BCUT2D eigenvalue weighted by Gasteiger charge is 2.21. The van der Waals surface area contributed by atoms with Gasteiger partial charge in [0, 0.05) is 18.6 Å². The molecule has 1 aliphatic rings. The molecule has 16 heavy (non-hydrogen) atoms. The Morgan fingerprint density at radius 1 is 1.25 bits per heavy atom. The minimum Gasteiger partial charge on any atom is -0.383 e. The summed E-state index contributed by atoms with van der Waals surface area (Å²) in [5, 5.41) is 0. The minimum absolute atomic E-state index is 0.751. The molecule has 0 aliphatic carbocycles. The molecule has 0 amide bonds. The fraction of sp³-hybridized carbons (Fsp3) is 0.308. The van der Waals surface area contributed by atoms with Crippen molar-refractivity contribution in [2.24, 2.45) is 0 Å². The molecule has 85 valence electrons. The Kier molecular flexibility index (Phi) is 3.91. The average molecular weight is 234 g/mol. The van der Waals surface area contributed by atoms with Crippen molar-refractivity contribution in [1.82, 2.24) is 4.90 Å². The van der Waals surface area contributed by atoms with Gasteiger partial charge in [-0.2, -0.15) is 0 Å². The summed E-state index contributed by atoms with van der Waals surface area (Å²) in [4.78, 5) is 3.61. The number of thioether (sulfide) groups is 1. The van der Waals surface area contributed by atoms with E-state index in [1.54, 1.807) is 18.9 Å². The Hall–Kier alpha value is -0.930. The first-order valence-corrected chi connectivity index (χ1v) is 6.23. The molecule has 3 heteroatoms. The van der Waals surface area contributed by atoms with Gasteiger partial charge in [-0.15, -0.1) is 11.8 Å². The molecule has 2 nitrogen and oxygen atoms in total. The lowest BCUT2D eigenvalue weighted by Gasteiger charge is -2.21. The zero-order chi connectivity index (χ0) is 11.4. The molecule has 0 aromatic heterocycles. The third kappa shape index (κ3) is 2.42. The fourth-order valence-electron chi connectivity index (χ4n) is 1.77. The Balaban J connectivity index is 2.19. The van der Waals surface area contributed by atoms with Gasteiger partial charge in [-0.05, 0) is 12.5 Å². The van der Waals surface area contributed by atoms with Gasteiger partial charge < -0.3 is 9.64 Å². The second-order valence-corrected chi connectivity index (χ2v) is 4.74. The maximum absolute atomic E-state index is 5.13. The largest absolute Gasteiger partial charge is 0.383 e. The van der Waals surface area contributed by atoms with Crippen molar-refractivity contribution in [2.75, 3.05) is 20.3 Å².